The molecule has 1 aliphatic carbocycles. The molecular formula is C14H20BrNS. The number of hydrogen-bond donors (Lipinski definition) is 1. The molecule has 17 heavy (non-hydrogen) atoms. The van der Waals surface area contributed by atoms with E-state index in [1.165, 1.54) is 40.6 Å². The highest BCUT2D eigenvalue weighted by Gasteiger charge is 2.23. The molecule has 0 aliphatic heterocycles. The summed E-state index contributed by atoms with van der Waals surface area (Å²) < 4.78 is 1.20. The number of thioether (sulfide) groups is 1. The number of hydrogen-bond acceptors (Lipinski definition) is 2. The third-order valence-corrected chi connectivity index (χ3v) is 4.71. The van der Waals surface area contributed by atoms with E-state index in [0.29, 0.717) is 12.1 Å². The largest absolute Gasteiger partial charge is 0.306 e. The monoisotopic (exact) mass is 313 g/mol. The Morgan fingerprint density at radius 1 is 1.53 bits per heavy atom. The summed E-state index contributed by atoms with van der Waals surface area (Å²) in [6.45, 7) is 2.27. The predicted octanol–water partition coefficient (Wildman–Crippen LogP) is 4.17. The van der Waals surface area contributed by atoms with Gasteiger partial charge in [0.2, 0.25) is 0 Å². The minimum atomic E-state index is 0.565. The first-order chi connectivity index (χ1) is 8.24. The lowest BCUT2D eigenvalue weighted by Crippen LogP contribution is -2.33. The molecule has 3 heteroatoms. The van der Waals surface area contributed by atoms with Crippen LogP contribution < -0.4 is 5.32 Å². The van der Waals surface area contributed by atoms with Crippen LogP contribution >= 0.6 is 27.7 Å². The first-order valence-corrected chi connectivity index (χ1v) is 8.46. The molecule has 0 radical (unpaired) electrons. The molecule has 2 rings (SSSR count). The van der Waals surface area contributed by atoms with Gasteiger partial charge in [0.25, 0.3) is 0 Å². The molecule has 1 N–H and O–H groups in total. The Morgan fingerprint density at radius 3 is 3.06 bits per heavy atom. The van der Waals surface area contributed by atoms with Crippen molar-refractivity contribution in [3.8, 4) is 0 Å². The molecule has 0 bridgehead atoms. The van der Waals surface area contributed by atoms with Gasteiger partial charge >= 0.3 is 0 Å². The van der Waals surface area contributed by atoms with Gasteiger partial charge in [-0.05, 0) is 48.8 Å². The lowest BCUT2D eigenvalue weighted by atomic mass is 10.1. The second-order valence-corrected chi connectivity index (χ2v) is 6.49. The lowest BCUT2D eigenvalue weighted by molar-refractivity contribution is 0.449. The minimum Gasteiger partial charge on any atom is -0.306 e. The van der Waals surface area contributed by atoms with Crippen LogP contribution in [0.2, 0.25) is 0 Å². The number of fused-ring (bicyclic) bond motifs is 1. The van der Waals surface area contributed by atoms with Gasteiger partial charge in [-0.1, -0.05) is 28.9 Å². The maximum atomic E-state index is 3.81. The second-order valence-electron chi connectivity index (χ2n) is 4.66. The van der Waals surface area contributed by atoms with Gasteiger partial charge in [0, 0.05) is 22.3 Å². The second kappa shape index (κ2) is 6.26. The van der Waals surface area contributed by atoms with E-state index in [0.717, 1.165) is 0 Å². The highest BCUT2D eigenvalue weighted by molar-refractivity contribution is 9.10. The lowest BCUT2D eigenvalue weighted by Gasteiger charge is -2.22. The van der Waals surface area contributed by atoms with E-state index in [1.807, 2.05) is 11.8 Å². The molecule has 0 amide bonds. The number of nitrogens with one attached hydrogen (secondary N) is 1. The molecule has 2 atom stereocenters. The van der Waals surface area contributed by atoms with Crippen molar-refractivity contribution >= 4 is 27.7 Å². The maximum Gasteiger partial charge on any atom is 0.0328 e. The van der Waals surface area contributed by atoms with Crippen LogP contribution in [-0.4, -0.2) is 18.1 Å². The van der Waals surface area contributed by atoms with Gasteiger partial charge in [0.15, 0.2) is 0 Å². The van der Waals surface area contributed by atoms with E-state index in [1.54, 1.807) is 0 Å². The average molecular weight is 314 g/mol. The summed E-state index contributed by atoms with van der Waals surface area (Å²) in [6.07, 6.45) is 5.85. The highest BCUT2D eigenvalue weighted by Crippen LogP contribution is 2.33. The molecule has 0 spiro atoms. The number of benzene rings is 1. The Morgan fingerprint density at radius 2 is 2.35 bits per heavy atom. The fourth-order valence-corrected chi connectivity index (χ4v) is 3.67. The highest BCUT2D eigenvalue weighted by atomic mass is 79.9. The normalized spacial score (nSPS) is 20.3. The molecule has 1 aromatic rings. The quantitative estimate of drug-likeness (QED) is 0.875. The topological polar surface area (TPSA) is 12.0 Å². The van der Waals surface area contributed by atoms with Crippen LogP contribution in [0.5, 0.6) is 0 Å². The van der Waals surface area contributed by atoms with Crippen LogP contribution in [0.25, 0.3) is 0 Å². The summed E-state index contributed by atoms with van der Waals surface area (Å²) in [5.74, 6) is 1.21. The SMILES string of the molecule is CCC(CSC)NC1CCc2cc(Br)ccc21. The molecule has 94 valence electrons. The summed E-state index contributed by atoms with van der Waals surface area (Å²) in [5.41, 5.74) is 3.02. The first-order valence-electron chi connectivity index (χ1n) is 6.28. The van der Waals surface area contributed by atoms with Crippen molar-refractivity contribution in [2.75, 3.05) is 12.0 Å². The van der Waals surface area contributed by atoms with E-state index in [9.17, 15) is 0 Å². The molecule has 1 aliphatic rings. The average Bonchev–Trinajstić information content (AvgIpc) is 2.71. The van der Waals surface area contributed by atoms with Crippen LogP contribution in [0, 0.1) is 0 Å². The smallest absolute Gasteiger partial charge is 0.0328 e. The molecule has 0 aromatic heterocycles. The van der Waals surface area contributed by atoms with Crippen molar-refractivity contribution in [1.29, 1.82) is 0 Å². The molecule has 0 saturated heterocycles. The minimum absolute atomic E-state index is 0.565. The van der Waals surface area contributed by atoms with Crippen LogP contribution in [0.3, 0.4) is 0 Å². The molecule has 1 aromatic carbocycles. The fourth-order valence-electron chi connectivity index (χ4n) is 2.53. The van der Waals surface area contributed by atoms with Gasteiger partial charge in [-0.3, -0.25) is 0 Å². The van der Waals surface area contributed by atoms with Crippen LogP contribution in [0.1, 0.15) is 36.9 Å². The summed E-state index contributed by atoms with van der Waals surface area (Å²) >= 11 is 5.48. The first kappa shape index (κ1) is 13.4. The molecule has 2 unspecified atom stereocenters. The van der Waals surface area contributed by atoms with Gasteiger partial charge in [-0.15, -0.1) is 0 Å². The van der Waals surface area contributed by atoms with Crippen molar-refractivity contribution in [2.24, 2.45) is 0 Å². The summed E-state index contributed by atoms with van der Waals surface area (Å²) in [5, 5.41) is 3.81. The van der Waals surface area contributed by atoms with Gasteiger partial charge in [-0.2, -0.15) is 11.8 Å². The van der Waals surface area contributed by atoms with Crippen molar-refractivity contribution in [3.63, 3.8) is 0 Å². The Balaban J connectivity index is 2.06. The Bertz CT molecular complexity index is 380. The van der Waals surface area contributed by atoms with Gasteiger partial charge in [0.1, 0.15) is 0 Å². The van der Waals surface area contributed by atoms with E-state index in [2.05, 4.69) is 52.6 Å². The third-order valence-electron chi connectivity index (χ3n) is 3.48. The molecule has 0 heterocycles. The number of halogens is 1. The third kappa shape index (κ3) is 3.27. The molecular weight excluding hydrogens is 294 g/mol. The fraction of sp³-hybridized carbons (Fsp3) is 0.571. The molecule has 0 fully saturated rings. The number of aryl methyl sites for hydroxylation is 1. The standard InChI is InChI=1S/C14H20BrNS/c1-3-12(9-17-2)16-14-7-4-10-8-11(15)5-6-13(10)14/h5-6,8,12,14,16H,3-4,7,9H2,1-2H3. The summed E-state index contributed by atoms with van der Waals surface area (Å²) in [6, 6.07) is 7.91. The zero-order valence-electron chi connectivity index (χ0n) is 10.5. The van der Waals surface area contributed by atoms with Crippen molar-refractivity contribution < 1.29 is 0 Å². The van der Waals surface area contributed by atoms with Gasteiger partial charge < -0.3 is 5.32 Å². The van der Waals surface area contributed by atoms with Gasteiger partial charge in [0.05, 0.1) is 0 Å². The van der Waals surface area contributed by atoms with Crippen LogP contribution in [0.15, 0.2) is 22.7 Å². The van der Waals surface area contributed by atoms with Crippen LogP contribution in [-0.2, 0) is 6.42 Å². The van der Waals surface area contributed by atoms with Crippen LogP contribution in [0.4, 0.5) is 0 Å². The molecule has 1 nitrogen and oxygen atoms in total. The molecule has 0 saturated carbocycles. The zero-order chi connectivity index (χ0) is 12.3. The summed E-state index contributed by atoms with van der Waals surface area (Å²) in [7, 11) is 0. The van der Waals surface area contributed by atoms with Crippen molar-refractivity contribution in [1.82, 2.24) is 5.32 Å². The van der Waals surface area contributed by atoms with E-state index in [-0.39, 0.29) is 0 Å². The Labute approximate surface area is 117 Å². The predicted molar refractivity (Wildman–Crippen MR) is 80.8 cm³/mol. The maximum absolute atomic E-state index is 3.81. The Kier molecular flexibility index (Phi) is 4.95. The van der Waals surface area contributed by atoms with E-state index in [4.69, 9.17) is 0 Å². The summed E-state index contributed by atoms with van der Waals surface area (Å²) in [4.78, 5) is 0. The van der Waals surface area contributed by atoms with Crippen molar-refractivity contribution in [2.45, 2.75) is 38.3 Å². The zero-order valence-corrected chi connectivity index (χ0v) is 12.9. The Hall–Kier alpha value is 0.01000. The van der Waals surface area contributed by atoms with E-state index >= 15 is 0 Å². The van der Waals surface area contributed by atoms with E-state index < -0.39 is 0 Å². The number of rotatable bonds is 5. The van der Waals surface area contributed by atoms with Gasteiger partial charge in [-0.25, -0.2) is 0 Å². The van der Waals surface area contributed by atoms with Crippen molar-refractivity contribution in [3.05, 3.63) is 33.8 Å².